The lowest BCUT2D eigenvalue weighted by molar-refractivity contribution is 0.335. The summed E-state index contributed by atoms with van der Waals surface area (Å²) in [6.07, 6.45) is 2.76. The van der Waals surface area contributed by atoms with Gasteiger partial charge in [0.1, 0.15) is 0 Å². The standard InChI is InChI=1S/C17H19ClN2O2S.ClH/c18-16-7-8-17(15-4-2-1-3-14(15)16)23(21,22)20-12-5-6-13(20)11-19-10-9-12;/h1-4,7-8,12-13,19H,5-6,9-11H2;1H. The van der Waals surface area contributed by atoms with E-state index in [4.69, 9.17) is 11.6 Å². The van der Waals surface area contributed by atoms with E-state index in [0.717, 1.165) is 37.7 Å². The maximum absolute atomic E-state index is 13.4. The van der Waals surface area contributed by atoms with Crippen LogP contribution in [0.4, 0.5) is 0 Å². The number of fused-ring (bicyclic) bond motifs is 3. The van der Waals surface area contributed by atoms with E-state index in [2.05, 4.69) is 5.32 Å². The molecule has 0 radical (unpaired) electrons. The Kier molecular flexibility index (Phi) is 5.09. The number of rotatable bonds is 2. The van der Waals surface area contributed by atoms with Crippen molar-refractivity contribution in [1.29, 1.82) is 0 Å². The number of hydrogen-bond acceptors (Lipinski definition) is 3. The van der Waals surface area contributed by atoms with Crippen LogP contribution in [0, 0.1) is 0 Å². The van der Waals surface area contributed by atoms with Crippen LogP contribution in [0.25, 0.3) is 10.8 Å². The molecule has 2 fully saturated rings. The lowest BCUT2D eigenvalue weighted by atomic mass is 10.1. The third kappa shape index (κ3) is 2.82. The summed E-state index contributed by atoms with van der Waals surface area (Å²) in [7, 11) is -3.53. The molecule has 2 atom stereocenters. The smallest absolute Gasteiger partial charge is 0.244 e. The van der Waals surface area contributed by atoms with Crippen LogP contribution in [-0.2, 0) is 10.0 Å². The highest BCUT2D eigenvalue weighted by Crippen LogP contribution is 2.37. The molecule has 2 aliphatic rings. The Labute approximate surface area is 153 Å². The molecule has 2 saturated heterocycles. The van der Waals surface area contributed by atoms with Crippen LogP contribution >= 0.6 is 24.0 Å². The van der Waals surface area contributed by atoms with Crippen molar-refractivity contribution in [2.75, 3.05) is 13.1 Å². The molecule has 0 amide bonds. The molecule has 0 spiro atoms. The van der Waals surface area contributed by atoms with Gasteiger partial charge >= 0.3 is 0 Å². The molecule has 0 aliphatic carbocycles. The van der Waals surface area contributed by atoms with Crippen LogP contribution in [0.5, 0.6) is 0 Å². The average molecular weight is 387 g/mol. The predicted octanol–water partition coefficient (Wildman–Crippen LogP) is 3.43. The summed E-state index contributed by atoms with van der Waals surface area (Å²) in [5.74, 6) is 0. The number of halogens is 2. The van der Waals surface area contributed by atoms with Gasteiger partial charge in [0.05, 0.1) is 4.90 Å². The summed E-state index contributed by atoms with van der Waals surface area (Å²) in [4.78, 5) is 0.372. The monoisotopic (exact) mass is 386 g/mol. The van der Waals surface area contributed by atoms with Gasteiger partial charge in [-0.3, -0.25) is 0 Å². The molecule has 2 unspecified atom stereocenters. The summed E-state index contributed by atoms with van der Waals surface area (Å²) in [6, 6.07) is 10.9. The molecule has 2 bridgehead atoms. The molecule has 2 aromatic carbocycles. The average Bonchev–Trinajstić information content (AvgIpc) is 2.81. The molecule has 2 heterocycles. The number of nitrogens with zero attached hydrogens (tertiary/aromatic N) is 1. The van der Waals surface area contributed by atoms with Crippen LogP contribution in [0.15, 0.2) is 41.3 Å². The predicted molar refractivity (Wildman–Crippen MR) is 99.5 cm³/mol. The fourth-order valence-electron chi connectivity index (χ4n) is 3.90. The van der Waals surface area contributed by atoms with E-state index in [9.17, 15) is 8.42 Å². The van der Waals surface area contributed by atoms with Crippen molar-refractivity contribution in [2.45, 2.75) is 36.2 Å². The fourth-order valence-corrected chi connectivity index (χ4v) is 6.23. The molecule has 130 valence electrons. The normalized spacial score (nSPS) is 24.5. The minimum Gasteiger partial charge on any atom is -0.315 e. The van der Waals surface area contributed by atoms with E-state index >= 15 is 0 Å². The molecule has 24 heavy (non-hydrogen) atoms. The molecule has 0 aromatic heterocycles. The van der Waals surface area contributed by atoms with Gasteiger partial charge in [0.25, 0.3) is 0 Å². The Bertz CT molecular complexity index is 843. The number of hydrogen-bond donors (Lipinski definition) is 1. The van der Waals surface area contributed by atoms with Gasteiger partial charge < -0.3 is 5.32 Å². The first-order valence-electron chi connectivity index (χ1n) is 8.00. The molecule has 2 aromatic rings. The third-order valence-electron chi connectivity index (χ3n) is 4.97. The Morgan fingerprint density at radius 3 is 2.50 bits per heavy atom. The van der Waals surface area contributed by atoms with E-state index in [1.165, 1.54) is 0 Å². The molecule has 0 saturated carbocycles. The summed E-state index contributed by atoms with van der Waals surface area (Å²) in [6.45, 7) is 1.62. The van der Waals surface area contributed by atoms with Crippen molar-refractivity contribution < 1.29 is 8.42 Å². The summed E-state index contributed by atoms with van der Waals surface area (Å²) >= 11 is 6.24. The zero-order valence-electron chi connectivity index (χ0n) is 13.1. The molecular weight excluding hydrogens is 367 g/mol. The highest BCUT2D eigenvalue weighted by Gasteiger charge is 2.43. The maximum Gasteiger partial charge on any atom is 0.244 e. The van der Waals surface area contributed by atoms with Crippen LogP contribution < -0.4 is 5.32 Å². The molecule has 1 N–H and O–H groups in total. The van der Waals surface area contributed by atoms with Gasteiger partial charge in [-0.1, -0.05) is 35.9 Å². The van der Waals surface area contributed by atoms with Crippen LogP contribution in [-0.4, -0.2) is 37.9 Å². The van der Waals surface area contributed by atoms with Gasteiger partial charge in [-0.15, -0.1) is 12.4 Å². The first-order chi connectivity index (χ1) is 11.1. The molecular formula is C17H20Cl2N2O2S. The van der Waals surface area contributed by atoms with E-state index in [0.29, 0.717) is 15.3 Å². The van der Waals surface area contributed by atoms with Crippen molar-refractivity contribution in [3.8, 4) is 0 Å². The second-order valence-electron chi connectivity index (χ2n) is 6.30. The Morgan fingerprint density at radius 2 is 1.71 bits per heavy atom. The van der Waals surface area contributed by atoms with Crippen LogP contribution in [0.2, 0.25) is 5.02 Å². The largest absolute Gasteiger partial charge is 0.315 e. The first-order valence-corrected chi connectivity index (χ1v) is 9.82. The van der Waals surface area contributed by atoms with E-state index < -0.39 is 10.0 Å². The summed E-state index contributed by atoms with van der Waals surface area (Å²) in [5, 5.41) is 5.43. The summed E-state index contributed by atoms with van der Waals surface area (Å²) in [5.41, 5.74) is 0. The molecule has 4 rings (SSSR count). The van der Waals surface area contributed by atoms with Crippen molar-refractivity contribution >= 4 is 44.8 Å². The lowest BCUT2D eigenvalue weighted by Crippen LogP contribution is -2.42. The van der Waals surface area contributed by atoms with Crippen molar-refractivity contribution in [1.82, 2.24) is 9.62 Å². The fraction of sp³-hybridized carbons (Fsp3) is 0.412. The third-order valence-corrected chi connectivity index (χ3v) is 7.37. The van der Waals surface area contributed by atoms with E-state index in [1.54, 1.807) is 16.4 Å². The van der Waals surface area contributed by atoms with Crippen LogP contribution in [0.3, 0.4) is 0 Å². The van der Waals surface area contributed by atoms with Crippen molar-refractivity contribution in [3.05, 3.63) is 41.4 Å². The van der Waals surface area contributed by atoms with Gasteiger partial charge in [-0.2, -0.15) is 4.31 Å². The second kappa shape index (κ2) is 6.81. The SMILES string of the molecule is Cl.O=S(=O)(c1ccc(Cl)c2ccccc12)N1C2CCNCC1CC2. The summed E-state index contributed by atoms with van der Waals surface area (Å²) < 4.78 is 28.5. The Morgan fingerprint density at radius 1 is 1.00 bits per heavy atom. The zero-order chi connectivity index (χ0) is 16.0. The zero-order valence-corrected chi connectivity index (χ0v) is 15.5. The molecule has 4 nitrogen and oxygen atoms in total. The number of benzene rings is 2. The van der Waals surface area contributed by atoms with Crippen molar-refractivity contribution in [2.24, 2.45) is 0 Å². The van der Waals surface area contributed by atoms with Gasteiger partial charge in [0.2, 0.25) is 10.0 Å². The Balaban J connectivity index is 0.00000169. The number of sulfonamides is 1. The van der Waals surface area contributed by atoms with Gasteiger partial charge in [-0.25, -0.2) is 8.42 Å². The molecule has 2 aliphatic heterocycles. The van der Waals surface area contributed by atoms with Crippen molar-refractivity contribution in [3.63, 3.8) is 0 Å². The highest BCUT2D eigenvalue weighted by molar-refractivity contribution is 7.89. The highest BCUT2D eigenvalue weighted by atomic mass is 35.5. The van der Waals surface area contributed by atoms with Gasteiger partial charge in [-0.05, 0) is 37.9 Å². The number of nitrogens with one attached hydrogen (secondary N) is 1. The topological polar surface area (TPSA) is 49.4 Å². The quantitative estimate of drug-likeness (QED) is 0.859. The van der Waals surface area contributed by atoms with E-state index in [1.807, 2.05) is 24.3 Å². The van der Waals surface area contributed by atoms with Gasteiger partial charge in [0, 0.05) is 34.4 Å². The minimum absolute atomic E-state index is 0. The van der Waals surface area contributed by atoms with Crippen LogP contribution in [0.1, 0.15) is 19.3 Å². The second-order valence-corrected chi connectivity index (χ2v) is 8.52. The Hall–Kier alpha value is -0.850. The minimum atomic E-state index is -3.53. The van der Waals surface area contributed by atoms with Gasteiger partial charge in [0.15, 0.2) is 0 Å². The molecule has 7 heteroatoms. The first kappa shape index (κ1) is 18.0. The van der Waals surface area contributed by atoms with E-state index in [-0.39, 0.29) is 24.5 Å². The lowest BCUT2D eigenvalue weighted by Gasteiger charge is -2.27. The maximum atomic E-state index is 13.4.